The molecule has 16 heteroatoms. The number of nitrogens with one attached hydrogen (secondary N) is 1. The highest BCUT2D eigenvalue weighted by Crippen LogP contribution is 2.45. The molecule has 0 saturated carbocycles. The van der Waals surface area contributed by atoms with E-state index in [1.165, 1.54) is 5.56 Å². The molecule has 0 saturated heterocycles. The zero-order chi connectivity index (χ0) is 44.7. The molecule has 66 heavy (non-hydrogen) atoms. The lowest BCUT2D eigenvalue weighted by molar-refractivity contribution is -0.125. The van der Waals surface area contributed by atoms with Gasteiger partial charge in [0.25, 0.3) is 0 Å². The zero-order valence-electron chi connectivity index (χ0n) is 37.8. The van der Waals surface area contributed by atoms with Crippen LogP contribution in [0.2, 0.25) is 0 Å². The van der Waals surface area contributed by atoms with Crippen LogP contribution in [0.3, 0.4) is 0 Å². The van der Waals surface area contributed by atoms with E-state index in [-0.39, 0.29) is 49.3 Å². The Hall–Kier alpha value is -6.22. The Morgan fingerprint density at radius 1 is 0.712 bits per heavy atom. The number of guanidine groups is 1. The van der Waals surface area contributed by atoms with Gasteiger partial charge in [-0.15, -0.1) is 35.0 Å². The summed E-state index contributed by atoms with van der Waals surface area (Å²) in [5.74, 6) is 1.80. The number of aryl methyl sites for hydroxylation is 2. The summed E-state index contributed by atoms with van der Waals surface area (Å²) in [5, 5.41) is 25.4. The van der Waals surface area contributed by atoms with Gasteiger partial charge < -0.3 is 32.0 Å². The summed E-state index contributed by atoms with van der Waals surface area (Å²) in [6, 6.07) is 34.3. The minimum absolute atomic E-state index is 0. The fourth-order valence-corrected chi connectivity index (χ4v) is 7.95. The average molecular weight is 937 g/mol. The van der Waals surface area contributed by atoms with Gasteiger partial charge in [0.2, 0.25) is 5.91 Å². The molecule has 0 aliphatic rings. The van der Waals surface area contributed by atoms with Crippen molar-refractivity contribution in [2.24, 2.45) is 28.1 Å². The van der Waals surface area contributed by atoms with E-state index in [0.717, 1.165) is 76.2 Å². The molecule has 2 heterocycles. The zero-order valence-corrected chi connectivity index (χ0v) is 39.4. The Bertz CT molecular complexity index is 2610. The summed E-state index contributed by atoms with van der Waals surface area (Å²) in [4.78, 5) is 18.5. The maximum Gasteiger partial charge on any atom is 0.245 e. The Morgan fingerprint density at radius 2 is 1.36 bits per heavy atom. The number of rotatable bonds is 24. The van der Waals surface area contributed by atoms with Gasteiger partial charge in [-0.3, -0.25) is 14.5 Å². The van der Waals surface area contributed by atoms with Gasteiger partial charge >= 0.3 is 0 Å². The van der Waals surface area contributed by atoms with Crippen LogP contribution in [0, 0.1) is 5.92 Å². The summed E-state index contributed by atoms with van der Waals surface area (Å²) < 4.78 is 16.7. The van der Waals surface area contributed by atoms with Crippen molar-refractivity contribution in [3.8, 4) is 22.6 Å². The molecular weight excluding hydrogens is 874 g/mol. The van der Waals surface area contributed by atoms with Crippen LogP contribution in [0.1, 0.15) is 75.4 Å². The van der Waals surface area contributed by atoms with Crippen molar-refractivity contribution in [3.63, 3.8) is 0 Å². The molecule has 350 valence electrons. The number of hydrogen-bond acceptors (Lipinski definition) is 9. The smallest absolute Gasteiger partial charge is 0.245 e. The first-order valence-corrected chi connectivity index (χ1v) is 22.4. The van der Waals surface area contributed by atoms with E-state index in [1.807, 2.05) is 53.3 Å². The number of nitrogens with two attached hydrogens (primary N) is 3. The normalized spacial score (nSPS) is 12.0. The molecule has 7 rings (SSSR count). The number of fused-ring (bicyclic) bond motifs is 2. The molecule has 0 spiro atoms. The van der Waals surface area contributed by atoms with E-state index in [9.17, 15) is 4.79 Å². The van der Waals surface area contributed by atoms with Gasteiger partial charge in [0.1, 0.15) is 29.8 Å². The number of halogens is 2. The molecule has 2 atom stereocenters. The van der Waals surface area contributed by atoms with Gasteiger partial charge in [0.05, 0.1) is 25.0 Å². The summed E-state index contributed by atoms with van der Waals surface area (Å²) in [6.07, 6.45) is 9.67. The minimum atomic E-state index is -0.693. The number of ether oxygens (including phenoxy) is 2. The fraction of sp³-hybridized carbons (Fsp3) is 0.360. The Kier molecular flexibility index (Phi) is 19.6. The quantitative estimate of drug-likeness (QED) is 0.0259. The van der Waals surface area contributed by atoms with Crippen LogP contribution in [0.4, 0.5) is 0 Å². The van der Waals surface area contributed by atoms with Gasteiger partial charge in [-0.25, -0.2) is 4.68 Å². The topological polar surface area (TPSA) is 199 Å². The third-order valence-electron chi connectivity index (χ3n) is 11.3. The van der Waals surface area contributed by atoms with Crippen LogP contribution in [0.5, 0.6) is 11.5 Å². The molecular formula is C50H63Cl2N11O3. The maximum atomic E-state index is 14.3. The lowest BCUT2D eigenvalue weighted by Crippen LogP contribution is -2.42. The molecule has 0 bridgehead atoms. The summed E-state index contributed by atoms with van der Waals surface area (Å²) in [7, 11) is 0. The number of benzene rings is 5. The number of hydrogen-bond donors (Lipinski definition) is 4. The standard InChI is InChI=1S/C50H61N11O3.2ClH/c1-35(2)27-30-63-45-25-22-37-15-6-8-18-42(37)47(45)48-43-19-9-7-16-38(43)23-26-46(48)64-34-41-33-61(59-57-41)44(20-12-29-54-50(52)53)49(62)55-39(17-10-11-28-51)31-60-32-40(56-58-60)24-21-36-13-4-3-5-14-36;;/h3-9,13-16,18-19,22-23,25-26,32-33,35,39,44H,10-12,17,20-21,24,27-31,34,51H2,1-2H3,(H,55,62)(H4,52,53,54);2*1H/t39-,44-;;/m1../s1. The second-order valence-electron chi connectivity index (χ2n) is 16.7. The number of amides is 1. The molecule has 7 aromatic rings. The lowest BCUT2D eigenvalue weighted by Gasteiger charge is -2.23. The highest BCUT2D eigenvalue weighted by Gasteiger charge is 2.26. The predicted octanol–water partition coefficient (Wildman–Crippen LogP) is 8.38. The van der Waals surface area contributed by atoms with Crippen molar-refractivity contribution in [1.29, 1.82) is 0 Å². The Labute approximate surface area is 399 Å². The number of nitrogens with zero attached hydrogens (tertiary/aromatic N) is 7. The van der Waals surface area contributed by atoms with E-state index in [0.29, 0.717) is 62.9 Å². The number of unbranched alkanes of at least 4 members (excludes halogenated alkanes) is 1. The second kappa shape index (κ2) is 25.5. The SMILES string of the molecule is CC(C)CCOc1ccc2ccccc2c1-c1c(OCc2cn([C@H](CCCN=C(N)N)C(=O)N[C@H](CCCCN)Cn3cc(CCc4ccccc4)nn3)nn2)ccc2ccccc12.Cl.Cl. The van der Waals surface area contributed by atoms with Crippen molar-refractivity contribution in [2.45, 2.75) is 90.4 Å². The third kappa shape index (κ3) is 13.9. The van der Waals surface area contributed by atoms with Crippen LogP contribution in [-0.4, -0.2) is 67.6 Å². The molecule has 0 aliphatic carbocycles. The molecule has 7 N–H and O–H groups in total. The van der Waals surface area contributed by atoms with Crippen molar-refractivity contribution in [2.75, 3.05) is 19.7 Å². The van der Waals surface area contributed by atoms with E-state index in [4.69, 9.17) is 26.7 Å². The van der Waals surface area contributed by atoms with Gasteiger partial charge in [0, 0.05) is 29.9 Å². The van der Waals surface area contributed by atoms with Gasteiger partial charge in [-0.1, -0.05) is 122 Å². The van der Waals surface area contributed by atoms with Crippen LogP contribution < -0.4 is 32.0 Å². The summed E-state index contributed by atoms with van der Waals surface area (Å²) in [5.41, 5.74) is 21.8. The summed E-state index contributed by atoms with van der Waals surface area (Å²) >= 11 is 0. The number of aliphatic imine (C=N–C) groups is 1. The molecule has 0 unspecified atom stereocenters. The Balaban J connectivity index is 0.00000408. The van der Waals surface area contributed by atoms with E-state index in [1.54, 1.807) is 10.9 Å². The Morgan fingerprint density at radius 3 is 2.03 bits per heavy atom. The van der Waals surface area contributed by atoms with Crippen LogP contribution in [0.25, 0.3) is 32.7 Å². The minimum Gasteiger partial charge on any atom is -0.493 e. The van der Waals surface area contributed by atoms with E-state index in [2.05, 4.69) is 105 Å². The van der Waals surface area contributed by atoms with Gasteiger partial charge in [0.15, 0.2) is 5.96 Å². The largest absolute Gasteiger partial charge is 0.493 e. The van der Waals surface area contributed by atoms with Crippen LogP contribution in [-0.2, 0) is 30.8 Å². The second-order valence-corrected chi connectivity index (χ2v) is 16.7. The molecule has 5 aromatic carbocycles. The van der Waals surface area contributed by atoms with Crippen LogP contribution >= 0.6 is 24.8 Å². The highest BCUT2D eigenvalue weighted by molar-refractivity contribution is 6.09. The van der Waals surface area contributed by atoms with Crippen LogP contribution in [0.15, 0.2) is 121 Å². The first-order chi connectivity index (χ1) is 31.2. The predicted molar refractivity (Wildman–Crippen MR) is 268 cm³/mol. The molecule has 0 aliphatic heterocycles. The third-order valence-corrected chi connectivity index (χ3v) is 11.3. The number of carbonyl (C=O) groups excluding carboxylic acids is 1. The van der Waals surface area contributed by atoms with Crippen molar-refractivity contribution < 1.29 is 14.3 Å². The summed E-state index contributed by atoms with van der Waals surface area (Å²) in [6.45, 7) is 6.50. The molecule has 0 radical (unpaired) electrons. The average Bonchev–Trinajstić information content (AvgIpc) is 3.97. The van der Waals surface area contributed by atoms with Gasteiger partial charge in [-0.2, -0.15) is 0 Å². The van der Waals surface area contributed by atoms with Gasteiger partial charge in [-0.05, 0) is 96.6 Å². The maximum absolute atomic E-state index is 14.3. The monoisotopic (exact) mass is 935 g/mol. The molecule has 1 amide bonds. The fourth-order valence-electron chi connectivity index (χ4n) is 7.95. The molecule has 14 nitrogen and oxygen atoms in total. The first kappa shape index (κ1) is 50.8. The van der Waals surface area contributed by atoms with Crippen molar-refractivity contribution in [1.82, 2.24) is 35.3 Å². The van der Waals surface area contributed by atoms with Crippen molar-refractivity contribution >= 4 is 58.2 Å². The first-order valence-electron chi connectivity index (χ1n) is 22.4. The highest BCUT2D eigenvalue weighted by atomic mass is 35.5. The van der Waals surface area contributed by atoms with Crippen molar-refractivity contribution in [3.05, 3.63) is 132 Å². The number of carbonyl (C=O) groups is 1. The molecule has 0 fully saturated rings. The lowest BCUT2D eigenvalue weighted by atomic mass is 9.92. The van der Waals surface area contributed by atoms with E-state index < -0.39 is 6.04 Å². The number of aromatic nitrogens is 6. The van der Waals surface area contributed by atoms with E-state index >= 15 is 0 Å². The molecule has 2 aromatic heterocycles.